The number of hydrogen-bond acceptors (Lipinski definition) is 3. The van der Waals surface area contributed by atoms with E-state index in [-0.39, 0.29) is 23.4 Å². The summed E-state index contributed by atoms with van der Waals surface area (Å²) in [7, 11) is 0. The number of carbonyl (C=O) groups is 1. The van der Waals surface area contributed by atoms with Crippen LogP contribution in [-0.2, 0) is 11.2 Å². The molecule has 0 aliphatic heterocycles. The highest BCUT2D eigenvalue weighted by atomic mass is 16.2. The van der Waals surface area contributed by atoms with Crippen molar-refractivity contribution in [1.82, 2.24) is 14.5 Å². The molecule has 1 atom stereocenters. The summed E-state index contributed by atoms with van der Waals surface area (Å²) in [6.45, 7) is 6.65. The highest BCUT2D eigenvalue weighted by Crippen LogP contribution is 2.31. The Morgan fingerprint density at radius 2 is 1.70 bits per heavy atom. The van der Waals surface area contributed by atoms with Gasteiger partial charge in [0.1, 0.15) is 5.82 Å². The lowest BCUT2D eigenvalue weighted by Crippen LogP contribution is -2.41. The Balaban J connectivity index is 1.64. The van der Waals surface area contributed by atoms with Gasteiger partial charge in [0.25, 0.3) is 5.56 Å². The van der Waals surface area contributed by atoms with Crippen molar-refractivity contribution in [3.8, 4) is 5.69 Å². The number of para-hydroxylation sites is 1. The SMILES string of the molecule is Cc1ccc(C)c(-n2c(C(C)N(CCc3ccccc3)C(=O)C3CCCC3)nc3ccccc3c2=O)c1. The van der Waals surface area contributed by atoms with Gasteiger partial charge in [0.05, 0.1) is 22.6 Å². The molecule has 1 aliphatic rings. The van der Waals surface area contributed by atoms with E-state index < -0.39 is 0 Å². The van der Waals surface area contributed by atoms with E-state index in [1.807, 2.05) is 80.3 Å². The van der Waals surface area contributed by atoms with Gasteiger partial charge in [-0.2, -0.15) is 0 Å². The number of aryl methyl sites for hydroxylation is 2. The number of rotatable bonds is 7. The Labute approximate surface area is 218 Å². The Morgan fingerprint density at radius 1 is 1.00 bits per heavy atom. The first-order valence-corrected chi connectivity index (χ1v) is 13.4. The number of nitrogens with zero attached hydrogens (tertiary/aromatic N) is 3. The van der Waals surface area contributed by atoms with E-state index in [0.29, 0.717) is 23.3 Å². The normalized spacial score (nSPS) is 14.7. The molecule has 5 rings (SSSR count). The largest absolute Gasteiger partial charge is 0.332 e. The molecule has 0 bridgehead atoms. The fourth-order valence-electron chi connectivity index (χ4n) is 5.56. The minimum atomic E-state index is -0.367. The fourth-order valence-corrected chi connectivity index (χ4v) is 5.56. The maximum absolute atomic E-state index is 14.0. The van der Waals surface area contributed by atoms with Gasteiger partial charge < -0.3 is 4.90 Å². The van der Waals surface area contributed by atoms with Gasteiger partial charge in [-0.25, -0.2) is 4.98 Å². The zero-order chi connectivity index (χ0) is 25.9. The van der Waals surface area contributed by atoms with Crippen LogP contribution in [0.4, 0.5) is 0 Å². The molecule has 1 unspecified atom stereocenters. The first kappa shape index (κ1) is 24.9. The second kappa shape index (κ2) is 10.7. The van der Waals surface area contributed by atoms with Gasteiger partial charge in [-0.1, -0.05) is 67.4 Å². The van der Waals surface area contributed by atoms with Crippen molar-refractivity contribution < 1.29 is 4.79 Å². The number of hydrogen-bond donors (Lipinski definition) is 0. The summed E-state index contributed by atoms with van der Waals surface area (Å²) in [5.74, 6) is 0.826. The number of benzene rings is 3. The predicted octanol–water partition coefficient (Wildman–Crippen LogP) is 6.33. The van der Waals surface area contributed by atoms with Gasteiger partial charge in [0, 0.05) is 12.5 Å². The molecular weight excluding hydrogens is 458 g/mol. The molecule has 1 saturated carbocycles. The van der Waals surface area contributed by atoms with Crippen molar-refractivity contribution in [3.63, 3.8) is 0 Å². The second-order valence-corrected chi connectivity index (χ2v) is 10.3. The van der Waals surface area contributed by atoms with Crippen LogP contribution in [0, 0.1) is 19.8 Å². The lowest BCUT2D eigenvalue weighted by Gasteiger charge is -2.33. The molecule has 1 amide bonds. The molecule has 5 heteroatoms. The molecule has 190 valence electrons. The fraction of sp³-hybridized carbons (Fsp3) is 0.344. The average Bonchev–Trinajstić information content (AvgIpc) is 3.46. The Kier molecular flexibility index (Phi) is 7.22. The zero-order valence-electron chi connectivity index (χ0n) is 22.0. The first-order chi connectivity index (χ1) is 17.9. The van der Waals surface area contributed by atoms with Gasteiger partial charge >= 0.3 is 0 Å². The highest BCUT2D eigenvalue weighted by molar-refractivity contribution is 5.80. The minimum Gasteiger partial charge on any atom is -0.332 e. The molecule has 0 radical (unpaired) electrons. The van der Waals surface area contributed by atoms with Crippen LogP contribution in [0.25, 0.3) is 16.6 Å². The van der Waals surface area contributed by atoms with Gasteiger partial charge in [0.15, 0.2) is 0 Å². The molecule has 1 fully saturated rings. The van der Waals surface area contributed by atoms with E-state index in [0.717, 1.165) is 48.9 Å². The van der Waals surface area contributed by atoms with Crippen molar-refractivity contribution in [2.75, 3.05) is 6.54 Å². The van der Waals surface area contributed by atoms with Gasteiger partial charge in [-0.15, -0.1) is 0 Å². The molecule has 1 heterocycles. The summed E-state index contributed by atoms with van der Waals surface area (Å²) in [5.41, 5.74) is 4.64. The third-order valence-electron chi connectivity index (χ3n) is 7.72. The molecular formula is C32H35N3O2. The molecule has 3 aromatic carbocycles. The summed E-state index contributed by atoms with van der Waals surface area (Å²) in [5, 5.41) is 0.581. The Morgan fingerprint density at radius 3 is 2.46 bits per heavy atom. The van der Waals surface area contributed by atoms with Crippen LogP contribution in [0.3, 0.4) is 0 Å². The predicted molar refractivity (Wildman–Crippen MR) is 149 cm³/mol. The molecule has 37 heavy (non-hydrogen) atoms. The van der Waals surface area contributed by atoms with Crippen molar-refractivity contribution >= 4 is 16.8 Å². The number of aromatic nitrogens is 2. The van der Waals surface area contributed by atoms with Crippen molar-refractivity contribution in [2.45, 2.75) is 58.9 Å². The smallest absolute Gasteiger partial charge is 0.266 e. The summed E-state index contributed by atoms with van der Waals surface area (Å²) in [6, 6.07) is 23.5. The van der Waals surface area contributed by atoms with Crippen LogP contribution in [0.5, 0.6) is 0 Å². The number of carbonyl (C=O) groups excluding carboxylic acids is 1. The third-order valence-corrected chi connectivity index (χ3v) is 7.72. The lowest BCUT2D eigenvalue weighted by atomic mass is 10.0. The maximum Gasteiger partial charge on any atom is 0.266 e. The summed E-state index contributed by atoms with van der Waals surface area (Å²) < 4.78 is 1.74. The zero-order valence-corrected chi connectivity index (χ0v) is 22.0. The average molecular weight is 494 g/mol. The monoisotopic (exact) mass is 493 g/mol. The van der Waals surface area contributed by atoms with Crippen LogP contribution >= 0.6 is 0 Å². The van der Waals surface area contributed by atoms with Gasteiger partial charge in [-0.3, -0.25) is 14.2 Å². The maximum atomic E-state index is 14.0. The van der Waals surface area contributed by atoms with Gasteiger partial charge in [-0.05, 0) is 74.9 Å². The van der Waals surface area contributed by atoms with E-state index in [1.165, 1.54) is 5.56 Å². The molecule has 1 aliphatic carbocycles. The van der Waals surface area contributed by atoms with Crippen LogP contribution in [0.15, 0.2) is 77.6 Å². The summed E-state index contributed by atoms with van der Waals surface area (Å²) in [4.78, 5) is 34.9. The van der Waals surface area contributed by atoms with Crippen molar-refractivity contribution in [2.24, 2.45) is 5.92 Å². The van der Waals surface area contributed by atoms with Crippen molar-refractivity contribution in [3.05, 3.63) is 106 Å². The first-order valence-electron chi connectivity index (χ1n) is 13.4. The summed E-state index contributed by atoms with van der Waals surface area (Å²) in [6.07, 6.45) is 4.81. The van der Waals surface area contributed by atoms with E-state index in [9.17, 15) is 9.59 Å². The number of amides is 1. The van der Waals surface area contributed by atoms with Crippen molar-refractivity contribution in [1.29, 1.82) is 0 Å². The lowest BCUT2D eigenvalue weighted by molar-refractivity contribution is -0.137. The van der Waals surface area contributed by atoms with Crippen LogP contribution < -0.4 is 5.56 Å². The van der Waals surface area contributed by atoms with Crippen LogP contribution in [-0.4, -0.2) is 26.9 Å². The quantitative estimate of drug-likeness (QED) is 0.302. The standard InChI is InChI=1S/C32H35N3O2/c1-22-17-18-23(2)29(21-22)35-30(33-28-16-10-9-15-27(28)32(35)37)24(3)34(31(36)26-13-7-8-14-26)20-19-25-11-5-4-6-12-25/h4-6,9-12,15-18,21,24,26H,7-8,13-14,19-20H2,1-3H3. The van der Waals surface area contributed by atoms with Crippen LogP contribution in [0.1, 0.15) is 61.2 Å². The molecule has 0 N–H and O–H groups in total. The topological polar surface area (TPSA) is 55.2 Å². The number of fused-ring (bicyclic) bond motifs is 1. The second-order valence-electron chi connectivity index (χ2n) is 10.3. The van der Waals surface area contributed by atoms with E-state index >= 15 is 0 Å². The minimum absolute atomic E-state index is 0.0413. The molecule has 0 spiro atoms. The highest BCUT2D eigenvalue weighted by Gasteiger charge is 2.32. The molecule has 0 saturated heterocycles. The molecule has 4 aromatic rings. The molecule has 1 aromatic heterocycles. The van der Waals surface area contributed by atoms with E-state index in [4.69, 9.17) is 4.98 Å². The van der Waals surface area contributed by atoms with E-state index in [2.05, 4.69) is 18.2 Å². The summed E-state index contributed by atoms with van der Waals surface area (Å²) >= 11 is 0. The Hall–Kier alpha value is -3.73. The van der Waals surface area contributed by atoms with E-state index in [1.54, 1.807) is 4.57 Å². The Bertz CT molecular complexity index is 1470. The van der Waals surface area contributed by atoms with Crippen LogP contribution in [0.2, 0.25) is 0 Å². The molecule has 5 nitrogen and oxygen atoms in total. The third kappa shape index (κ3) is 5.08. The van der Waals surface area contributed by atoms with Gasteiger partial charge in [0.2, 0.25) is 5.91 Å².